The van der Waals surface area contributed by atoms with Crippen LogP contribution in [0.15, 0.2) is 6.33 Å². The van der Waals surface area contributed by atoms with Crippen LogP contribution in [0.4, 0.5) is 10.6 Å². The van der Waals surface area contributed by atoms with Crippen LogP contribution >= 0.6 is 0 Å². The van der Waals surface area contributed by atoms with Gasteiger partial charge >= 0.3 is 6.09 Å². The molecule has 140 valence electrons. The number of aromatic amines is 1. The summed E-state index contributed by atoms with van der Waals surface area (Å²) in [4.78, 5) is 25.3. The molecule has 1 amide bonds. The number of rotatable bonds is 2. The van der Waals surface area contributed by atoms with Crippen LogP contribution in [0.25, 0.3) is 11.0 Å². The Hall–Kier alpha value is -2.38. The number of hydrogen-bond acceptors (Lipinski definition) is 6. The van der Waals surface area contributed by atoms with Crippen LogP contribution in [0.5, 0.6) is 0 Å². The van der Waals surface area contributed by atoms with Gasteiger partial charge in [-0.1, -0.05) is 0 Å². The molecule has 3 heterocycles. The minimum atomic E-state index is -0.480. The second-order valence-corrected chi connectivity index (χ2v) is 8.28. The lowest BCUT2D eigenvalue weighted by Gasteiger charge is -2.40. The summed E-state index contributed by atoms with van der Waals surface area (Å²) in [5.74, 6) is 1.46. The maximum absolute atomic E-state index is 12.4. The van der Waals surface area contributed by atoms with Crippen LogP contribution in [0.3, 0.4) is 0 Å². The second kappa shape index (κ2) is 6.10. The van der Waals surface area contributed by atoms with Gasteiger partial charge in [0.05, 0.1) is 11.1 Å². The Labute approximate surface area is 152 Å². The SMILES string of the molecule is CC1CN(C(=O)OC(C)(C)C)CCN1c1ncnc2n[nH]c(C3CC3)c12. The molecule has 2 aliphatic rings. The molecule has 1 atom stereocenters. The van der Waals surface area contributed by atoms with Gasteiger partial charge in [-0.3, -0.25) is 5.10 Å². The van der Waals surface area contributed by atoms with Crippen LogP contribution in [0, 0.1) is 0 Å². The maximum Gasteiger partial charge on any atom is 0.410 e. The number of carbonyl (C=O) groups is 1. The number of H-pyrrole nitrogens is 1. The number of nitrogens with zero attached hydrogens (tertiary/aromatic N) is 5. The minimum Gasteiger partial charge on any atom is -0.444 e. The van der Waals surface area contributed by atoms with E-state index in [1.54, 1.807) is 11.2 Å². The third-order valence-corrected chi connectivity index (χ3v) is 4.90. The molecule has 1 N–H and O–H groups in total. The van der Waals surface area contributed by atoms with E-state index < -0.39 is 5.60 Å². The van der Waals surface area contributed by atoms with Crippen molar-refractivity contribution in [3.05, 3.63) is 12.0 Å². The van der Waals surface area contributed by atoms with Crippen molar-refractivity contribution in [3.8, 4) is 0 Å². The molecule has 8 nitrogen and oxygen atoms in total. The highest BCUT2D eigenvalue weighted by molar-refractivity contribution is 5.90. The van der Waals surface area contributed by atoms with Gasteiger partial charge in [0.1, 0.15) is 17.7 Å². The number of ether oxygens (including phenoxy) is 1. The third-order valence-electron chi connectivity index (χ3n) is 4.90. The van der Waals surface area contributed by atoms with Crippen molar-refractivity contribution in [2.75, 3.05) is 24.5 Å². The first-order chi connectivity index (χ1) is 12.3. The lowest BCUT2D eigenvalue weighted by Crippen LogP contribution is -2.54. The Balaban J connectivity index is 1.56. The highest BCUT2D eigenvalue weighted by Crippen LogP contribution is 2.43. The number of piperazine rings is 1. The predicted molar refractivity (Wildman–Crippen MR) is 98.3 cm³/mol. The monoisotopic (exact) mass is 358 g/mol. The number of hydrogen-bond donors (Lipinski definition) is 1. The van der Waals surface area contributed by atoms with Gasteiger partial charge in [0.25, 0.3) is 0 Å². The molecule has 0 bridgehead atoms. The van der Waals surface area contributed by atoms with E-state index in [-0.39, 0.29) is 12.1 Å². The van der Waals surface area contributed by atoms with Gasteiger partial charge in [-0.15, -0.1) is 0 Å². The highest BCUT2D eigenvalue weighted by atomic mass is 16.6. The number of carbonyl (C=O) groups excluding carboxylic acids is 1. The number of fused-ring (bicyclic) bond motifs is 1. The van der Waals surface area contributed by atoms with E-state index in [1.807, 2.05) is 20.8 Å². The largest absolute Gasteiger partial charge is 0.444 e. The summed E-state index contributed by atoms with van der Waals surface area (Å²) >= 11 is 0. The molecule has 0 radical (unpaired) electrons. The fraction of sp³-hybridized carbons (Fsp3) is 0.667. The van der Waals surface area contributed by atoms with Crippen LogP contribution in [-0.2, 0) is 4.74 Å². The minimum absolute atomic E-state index is 0.135. The second-order valence-electron chi connectivity index (χ2n) is 8.28. The standard InChI is InChI=1S/C18H26N6O2/c1-11-9-23(17(25)26-18(2,3)4)7-8-24(11)16-13-14(12-5-6-12)21-22-15(13)19-10-20-16/h10-12H,5-9H2,1-4H3,(H,19,20,21,22). The van der Waals surface area contributed by atoms with Crippen molar-refractivity contribution >= 4 is 22.9 Å². The topological polar surface area (TPSA) is 87.2 Å². The van der Waals surface area contributed by atoms with E-state index in [1.165, 1.54) is 12.8 Å². The van der Waals surface area contributed by atoms with Crippen molar-refractivity contribution in [3.63, 3.8) is 0 Å². The molecule has 2 aromatic heterocycles. The molecule has 0 aromatic carbocycles. The first kappa shape index (κ1) is 17.1. The van der Waals surface area contributed by atoms with Gasteiger partial charge in [0, 0.05) is 31.6 Å². The average Bonchev–Trinajstić information content (AvgIpc) is 3.32. The van der Waals surface area contributed by atoms with Crippen molar-refractivity contribution in [1.82, 2.24) is 25.1 Å². The van der Waals surface area contributed by atoms with Crippen molar-refractivity contribution in [2.24, 2.45) is 0 Å². The average molecular weight is 358 g/mol. The summed E-state index contributed by atoms with van der Waals surface area (Å²) in [7, 11) is 0. The van der Waals surface area contributed by atoms with Crippen molar-refractivity contribution in [2.45, 2.75) is 58.1 Å². The van der Waals surface area contributed by atoms with Gasteiger partial charge in [0.2, 0.25) is 0 Å². The maximum atomic E-state index is 12.4. The van der Waals surface area contributed by atoms with Crippen molar-refractivity contribution in [1.29, 1.82) is 0 Å². The molecule has 8 heteroatoms. The van der Waals surface area contributed by atoms with E-state index >= 15 is 0 Å². The molecule has 4 rings (SSSR count). The smallest absolute Gasteiger partial charge is 0.410 e. The number of anilines is 1. The van der Waals surface area contributed by atoms with Crippen molar-refractivity contribution < 1.29 is 9.53 Å². The molecule has 1 aliphatic heterocycles. The van der Waals surface area contributed by atoms with Gasteiger partial charge < -0.3 is 14.5 Å². The molecular weight excluding hydrogens is 332 g/mol. The predicted octanol–water partition coefficient (Wildman–Crippen LogP) is 2.68. The quantitative estimate of drug-likeness (QED) is 0.888. The number of amides is 1. The Morgan fingerprint density at radius 1 is 1.27 bits per heavy atom. The molecule has 1 aliphatic carbocycles. The van der Waals surface area contributed by atoms with Crippen LogP contribution < -0.4 is 4.90 Å². The van der Waals surface area contributed by atoms with Gasteiger partial charge in [-0.2, -0.15) is 5.10 Å². The molecular formula is C18H26N6O2. The van der Waals surface area contributed by atoms with Crippen LogP contribution in [-0.4, -0.2) is 62.4 Å². The zero-order valence-corrected chi connectivity index (χ0v) is 15.8. The Bertz CT molecular complexity index is 823. The Morgan fingerprint density at radius 2 is 2.04 bits per heavy atom. The molecule has 1 saturated carbocycles. The Morgan fingerprint density at radius 3 is 2.69 bits per heavy atom. The molecule has 26 heavy (non-hydrogen) atoms. The molecule has 1 saturated heterocycles. The van der Waals surface area contributed by atoms with Gasteiger partial charge in [-0.05, 0) is 40.5 Å². The first-order valence-electron chi connectivity index (χ1n) is 9.27. The lowest BCUT2D eigenvalue weighted by atomic mass is 10.1. The fourth-order valence-corrected chi connectivity index (χ4v) is 3.51. The summed E-state index contributed by atoms with van der Waals surface area (Å²) in [6, 6.07) is 0.135. The van der Waals surface area contributed by atoms with E-state index in [0.29, 0.717) is 25.6 Å². The van der Waals surface area contributed by atoms with Crippen LogP contribution in [0.1, 0.15) is 52.1 Å². The third kappa shape index (κ3) is 3.20. The normalized spacial score (nSPS) is 21.3. The van der Waals surface area contributed by atoms with Gasteiger partial charge in [0.15, 0.2) is 5.65 Å². The molecule has 1 unspecified atom stereocenters. The summed E-state index contributed by atoms with van der Waals surface area (Å²) in [5, 5.41) is 8.55. The number of nitrogens with one attached hydrogen (secondary N) is 1. The first-order valence-corrected chi connectivity index (χ1v) is 9.27. The lowest BCUT2D eigenvalue weighted by molar-refractivity contribution is 0.0218. The molecule has 2 fully saturated rings. The summed E-state index contributed by atoms with van der Waals surface area (Å²) in [6.07, 6.45) is 3.70. The summed E-state index contributed by atoms with van der Waals surface area (Å²) in [5.41, 5.74) is 1.39. The van der Waals surface area contributed by atoms with E-state index in [2.05, 4.69) is 32.0 Å². The zero-order chi connectivity index (χ0) is 18.5. The van der Waals surface area contributed by atoms with Gasteiger partial charge in [-0.25, -0.2) is 14.8 Å². The Kier molecular flexibility index (Phi) is 4.00. The highest BCUT2D eigenvalue weighted by Gasteiger charge is 2.34. The summed E-state index contributed by atoms with van der Waals surface area (Å²) < 4.78 is 5.51. The fourth-order valence-electron chi connectivity index (χ4n) is 3.51. The summed E-state index contributed by atoms with van der Waals surface area (Å²) in [6.45, 7) is 9.71. The van der Waals surface area contributed by atoms with E-state index in [0.717, 1.165) is 22.5 Å². The van der Waals surface area contributed by atoms with E-state index in [4.69, 9.17) is 4.74 Å². The zero-order valence-electron chi connectivity index (χ0n) is 15.8. The van der Waals surface area contributed by atoms with E-state index in [9.17, 15) is 4.79 Å². The number of aromatic nitrogens is 4. The molecule has 2 aromatic rings. The van der Waals surface area contributed by atoms with Crippen LogP contribution in [0.2, 0.25) is 0 Å². The molecule has 0 spiro atoms.